The van der Waals surface area contributed by atoms with Crippen molar-refractivity contribution in [3.63, 3.8) is 0 Å². The number of carbonyl (C=O) groups excluding carboxylic acids is 1. The molecule has 1 amide bonds. The third kappa shape index (κ3) is 3.45. The number of hydrogen-bond acceptors (Lipinski definition) is 3. The highest BCUT2D eigenvalue weighted by molar-refractivity contribution is 5.91. The Kier molecular flexibility index (Phi) is 4.33. The zero-order valence-electron chi connectivity index (χ0n) is 14.9. The number of halogens is 3. The van der Waals surface area contributed by atoms with Gasteiger partial charge in [-0.2, -0.15) is 18.3 Å². The fourth-order valence-electron chi connectivity index (χ4n) is 3.18. The molecule has 8 heteroatoms. The van der Waals surface area contributed by atoms with Gasteiger partial charge in [0.15, 0.2) is 0 Å². The molecule has 1 aliphatic heterocycles. The van der Waals surface area contributed by atoms with E-state index in [1.807, 2.05) is 25.1 Å². The Bertz CT molecular complexity index is 1060. The Hall–Kier alpha value is -3.29. The number of aromatic nitrogens is 2. The van der Waals surface area contributed by atoms with Gasteiger partial charge in [0.2, 0.25) is 5.91 Å². The van der Waals surface area contributed by atoms with Crippen LogP contribution in [0, 0.1) is 6.92 Å². The minimum Gasteiger partial charge on any atom is -0.488 e. The first kappa shape index (κ1) is 18.1. The van der Waals surface area contributed by atoms with Crippen LogP contribution in [-0.4, -0.2) is 15.7 Å². The van der Waals surface area contributed by atoms with Crippen LogP contribution in [0.4, 0.5) is 18.9 Å². The molecule has 4 rings (SSSR count). The number of benzene rings is 2. The van der Waals surface area contributed by atoms with E-state index in [1.165, 1.54) is 12.1 Å². The van der Waals surface area contributed by atoms with Crippen molar-refractivity contribution in [2.24, 2.45) is 0 Å². The molecule has 1 aliphatic rings. The van der Waals surface area contributed by atoms with Crippen LogP contribution >= 0.6 is 0 Å². The highest BCUT2D eigenvalue weighted by Gasteiger charge is 2.30. The molecule has 0 aliphatic carbocycles. The molecule has 0 bridgehead atoms. The lowest BCUT2D eigenvalue weighted by atomic mass is 10.0. The van der Waals surface area contributed by atoms with Gasteiger partial charge in [0.05, 0.1) is 17.5 Å². The number of nitrogens with one attached hydrogen (secondary N) is 1. The van der Waals surface area contributed by atoms with Gasteiger partial charge in [-0.05, 0) is 37.3 Å². The lowest BCUT2D eigenvalue weighted by Crippen LogP contribution is -2.21. The summed E-state index contributed by atoms with van der Waals surface area (Å²) < 4.78 is 45.7. The van der Waals surface area contributed by atoms with Crippen LogP contribution in [0.25, 0.3) is 11.3 Å². The van der Waals surface area contributed by atoms with Crippen molar-refractivity contribution in [1.82, 2.24) is 9.78 Å². The molecule has 0 saturated heterocycles. The predicted octanol–water partition coefficient (Wildman–Crippen LogP) is 4.41. The van der Waals surface area contributed by atoms with Crippen LogP contribution in [-0.2, 0) is 24.1 Å². The van der Waals surface area contributed by atoms with Gasteiger partial charge >= 0.3 is 6.18 Å². The van der Waals surface area contributed by atoms with E-state index < -0.39 is 17.6 Å². The average molecular weight is 387 g/mol. The molecule has 144 valence electrons. The van der Waals surface area contributed by atoms with E-state index in [4.69, 9.17) is 4.74 Å². The number of anilines is 1. The van der Waals surface area contributed by atoms with Crippen molar-refractivity contribution < 1.29 is 22.7 Å². The van der Waals surface area contributed by atoms with Gasteiger partial charge in [-0.15, -0.1) is 0 Å². The van der Waals surface area contributed by atoms with E-state index in [-0.39, 0.29) is 12.2 Å². The number of amides is 1. The number of ether oxygens (including phenoxy) is 1. The topological polar surface area (TPSA) is 56.2 Å². The molecule has 0 radical (unpaired) electrons. The van der Waals surface area contributed by atoms with Crippen molar-refractivity contribution >= 4 is 11.6 Å². The summed E-state index contributed by atoms with van der Waals surface area (Å²) in [5, 5.41) is 6.76. The first-order chi connectivity index (χ1) is 13.3. The number of fused-ring (bicyclic) bond motifs is 3. The number of alkyl halides is 3. The predicted molar refractivity (Wildman–Crippen MR) is 96.8 cm³/mol. The quantitative estimate of drug-likeness (QED) is 0.724. The molecule has 2 heterocycles. The summed E-state index contributed by atoms with van der Waals surface area (Å²) in [6, 6.07) is 10.3. The minimum absolute atomic E-state index is 0.0837. The van der Waals surface area contributed by atoms with Crippen LogP contribution in [0.1, 0.15) is 16.7 Å². The van der Waals surface area contributed by atoms with Crippen LogP contribution in [0.5, 0.6) is 5.75 Å². The largest absolute Gasteiger partial charge is 0.488 e. The molecule has 1 aromatic heterocycles. The molecule has 1 N–H and O–H groups in total. The molecule has 0 unspecified atom stereocenters. The maximum Gasteiger partial charge on any atom is 0.416 e. The fraction of sp³-hybridized carbons (Fsp3) is 0.200. The highest BCUT2D eigenvalue weighted by Crippen LogP contribution is 2.38. The molecule has 5 nitrogen and oxygen atoms in total. The van der Waals surface area contributed by atoms with E-state index in [2.05, 4.69) is 10.4 Å². The third-order valence-corrected chi connectivity index (χ3v) is 4.46. The number of rotatable bonds is 3. The van der Waals surface area contributed by atoms with E-state index >= 15 is 0 Å². The van der Waals surface area contributed by atoms with E-state index in [1.54, 1.807) is 10.9 Å². The lowest BCUT2D eigenvalue weighted by molar-refractivity contribution is -0.137. The molecular formula is C20H16F3N3O2. The van der Waals surface area contributed by atoms with Gasteiger partial charge in [0.1, 0.15) is 18.9 Å². The lowest BCUT2D eigenvalue weighted by Gasteiger charge is -2.20. The fourth-order valence-corrected chi connectivity index (χ4v) is 3.18. The Balaban J connectivity index is 1.57. The second-order valence-electron chi connectivity index (χ2n) is 6.59. The van der Waals surface area contributed by atoms with Crippen molar-refractivity contribution in [3.05, 3.63) is 65.4 Å². The monoisotopic (exact) mass is 387 g/mol. The summed E-state index contributed by atoms with van der Waals surface area (Å²) in [5.41, 5.74) is 2.78. The second kappa shape index (κ2) is 6.70. The molecule has 0 fully saturated rings. The first-order valence-electron chi connectivity index (χ1n) is 8.57. The van der Waals surface area contributed by atoms with Gasteiger partial charge in [0.25, 0.3) is 0 Å². The minimum atomic E-state index is -4.47. The van der Waals surface area contributed by atoms with Crippen LogP contribution in [0.3, 0.4) is 0 Å². The Morgan fingerprint density at radius 2 is 2.07 bits per heavy atom. The van der Waals surface area contributed by atoms with Gasteiger partial charge < -0.3 is 10.1 Å². The Morgan fingerprint density at radius 3 is 2.86 bits per heavy atom. The molecule has 0 atom stereocenters. The molecule has 3 aromatic rings. The Morgan fingerprint density at radius 1 is 1.25 bits per heavy atom. The average Bonchev–Trinajstić information content (AvgIpc) is 3.04. The third-order valence-electron chi connectivity index (χ3n) is 4.46. The van der Waals surface area contributed by atoms with E-state index in [9.17, 15) is 18.0 Å². The van der Waals surface area contributed by atoms with Crippen LogP contribution < -0.4 is 10.1 Å². The molecular weight excluding hydrogens is 371 g/mol. The SMILES string of the molecule is Cc1ccc2c(c1)-c1c(cnn1CC(=O)Nc1cccc(C(F)(F)F)c1)CO2. The molecule has 2 aromatic carbocycles. The highest BCUT2D eigenvalue weighted by atomic mass is 19.4. The standard InChI is InChI=1S/C20H16F3N3O2/c1-12-5-6-17-16(7-12)19-13(11-28-17)9-24-26(19)10-18(27)25-15-4-2-3-14(8-15)20(21,22)23/h2-9H,10-11H2,1H3,(H,25,27). The smallest absolute Gasteiger partial charge is 0.416 e. The maximum absolute atomic E-state index is 12.8. The zero-order chi connectivity index (χ0) is 19.9. The first-order valence-corrected chi connectivity index (χ1v) is 8.57. The normalized spacial score (nSPS) is 12.7. The van der Waals surface area contributed by atoms with Gasteiger partial charge in [-0.3, -0.25) is 9.48 Å². The zero-order valence-corrected chi connectivity index (χ0v) is 14.9. The van der Waals surface area contributed by atoms with Crippen molar-refractivity contribution in [2.75, 3.05) is 5.32 Å². The number of aryl methyl sites for hydroxylation is 1. The summed E-state index contributed by atoms with van der Waals surface area (Å²) in [4.78, 5) is 12.4. The second-order valence-corrected chi connectivity index (χ2v) is 6.59. The molecule has 0 saturated carbocycles. The number of carbonyl (C=O) groups is 1. The Labute approximate surface area is 158 Å². The van der Waals surface area contributed by atoms with E-state index in [0.717, 1.165) is 34.5 Å². The van der Waals surface area contributed by atoms with Gasteiger partial charge in [-0.1, -0.05) is 17.7 Å². The maximum atomic E-state index is 12.8. The summed E-state index contributed by atoms with van der Waals surface area (Å²) in [6.07, 6.45) is -2.83. The van der Waals surface area contributed by atoms with Crippen molar-refractivity contribution in [3.8, 4) is 17.0 Å². The summed E-state index contributed by atoms with van der Waals surface area (Å²) in [6.45, 7) is 2.18. The molecule has 0 spiro atoms. The van der Waals surface area contributed by atoms with Gasteiger partial charge in [-0.25, -0.2) is 0 Å². The van der Waals surface area contributed by atoms with E-state index in [0.29, 0.717) is 12.4 Å². The van der Waals surface area contributed by atoms with Crippen molar-refractivity contribution in [2.45, 2.75) is 26.3 Å². The number of hydrogen-bond donors (Lipinski definition) is 1. The molecule has 28 heavy (non-hydrogen) atoms. The van der Waals surface area contributed by atoms with Crippen molar-refractivity contribution in [1.29, 1.82) is 0 Å². The van der Waals surface area contributed by atoms with Gasteiger partial charge in [0, 0.05) is 16.8 Å². The summed E-state index contributed by atoms with van der Waals surface area (Å²) in [7, 11) is 0. The summed E-state index contributed by atoms with van der Waals surface area (Å²) >= 11 is 0. The van der Waals surface area contributed by atoms with Crippen LogP contribution in [0.15, 0.2) is 48.7 Å². The van der Waals surface area contributed by atoms with Crippen LogP contribution in [0.2, 0.25) is 0 Å². The summed E-state index contributed by atoms with van der Waals surface area (Å²) in [5.74, 6) is 0.240. The number of nitrogens with zero attached hydrogens (tertiary/aromatic N) is 2.